The lowest BCUT2D eigenvalue weighted by Gasteiger charge is -2.30. The van der Waals surface area contributed by atoms with Gasteiger partial charge in [0.2, 0.25) is 0 Å². The number of hydrogen-bond acceptors (Lipinski definition) is 3. The largest absolute Gasteiger partial charge is 0.481 e. The molecule has 0 radical (unpaired) electrons. The van der Waals surface area contributed by atoms with Gasteiger partial charge in [0.15, 0.2) is 0 Å². The quantitative estimate of drug-likeness (QED) is 0.936. The summed E-state index contributed by atoms with van der Waals surface area (Å²) in [4.78, 5) is 25.2. The number of nitrogens with zero attached hydrogens (tertiary/aromatic N) is 3. The smallest absolute Gasteiger partial charge is 0.308 e. The van der Waals surface area contributed by atoms with Gasteiger partial charge in [-0.25, -0.2) is 4.68 Å². The number of hydrogen-bond donors (Lipinski definition) is 1. The summed E-state index contributed by atoms with van der Waals surface area (Å²) in [6.45, 7) is 0.821. The van der Waals surface area contributed by atoms with Crippen molar-refractivity contribution in [3.8, 4) is 5.69 Å². The first-order valence-corrected chi connectivity index (χ1v) is 7.75. The molecule has 3 rings (SSSR count). The predicted molar refractivity (Wildman–Crippen MR) is 84.8 cm³/mol. The minimum Gasteiger partial charge on any atom is -0.481 e. The molecular formula is C16H16ClN3O3. The average molecular weight is 334 g/mol. The molecule has 2 heterocycles. The second-order valence-electron chi connectivity index (χ2n) is 5.58. The molecule has 1 aliphatic rings. The van der Waals surface area contributed by atoms with Crippen LogP contribution in [0, 0.1) is 5.92 Å². The Morgan fingerprint density at radius 2 is 2.17 bits per heavy atom. The molecule has 0 saturated carbocycles. The molecule has 0 aliphatic carbocycles. The molecule has 1 aromatic heterocycles. The lowest BCUT2D eigenvalue weighted by molar-refractivity contribution is -0.143. The van der Waals surface area contributed by atoms with Crippen LogP contribution < -0.4 is 0 Å². The number of likely N-dealkylation sites (tertiary alicyclic amines) is 1. The summed E-state index contributed by atoms with van der Waals surface area (Å²) in [5.41, 5.74) is 1.20. The fourth-order valence-electron chi connectivity index (χ4n) is 2.74. The molecule has 1 fully saturated rings. The van der Waals surface area contributed by atoms with Crippen molar-refractivity contribution in [3.63, 3.8) is 0 Å². The van der Waals surface area contributed by atoms with Gasteiger partial charge in [-0.15, -0.1) is 0 Å². The molecule has 0 bridgehead atoms. The van der Waals surface area contributed by atoms with Gasteiger partial charge in [-0.2, -0.15) is 5.10 Å². The Hall–Kier alpha value is -2.34. The summed E-state index contributed by atoms with van der Waals surface area (Å²) in [5.74, 6) is -1.53. The number of aliphatic carboxylic acids is 1. The molecule has 1 N–H and O–H groups in total. The second-order valence-corrected chi connectivity index (χ2v) is 6.02. The van der Waals surface area contributed by atoms with Crippen LogP contribution in [0.4, 0.5) is 0 Å². The third-order valence-electron chi connectivity index (χ3n) is 3.96. The molecule has 1 aliphatic heterocycles. The highest BCUT2D eigenvalue weighted by Gasteiger charge is 2.29. The summed E-state index contributed by atoms with van der Waals surface area (Å²) in [7, 11) is 0. The third-order valence-corrected chi connectivity index (χ3v) is 4.20. The van der Waals surface area contributed by atoms with Gasteiger partial charge in [-0.1, -0.05) is 17.7 Å². The SMILES string of the molecule is O=C(O)[C@H]1CCCN(C(=O)c2cnn(-c3cccc(Cl)c3)c2)C1. The highest BCUT2D eigenvalue weighted by Crippen LogP contribution is 2.20. The van der Waals surface area contributed by atoms with E-state index in [9.17, 15) is 9.59 Å². The average Bonchev–Trinajstić information content (AvgIpc) is 3.04. The van der Waals surface area contributed by atoms with Crippen LogP contribution in [0.2, 0.25) is 5.02 Å². The van der Waals surface area contributed by atoms with Gasteiger partial charge < -0.3 is 10.0 Å². The maximum atomic E-state index is 12.5. The van der Waals surface area contributed by atoms with Crippen molar-refractivity contribution in [3.05, 3.63) is 47.2 Å². The molecule has 7 heteroatoms. The number of carboxylic acid groups (broad SMARTS) is 1. The van der Waals surface area contributed by atoms with E-state index in [1.54, 1.807) is 27.9 Å². The molecule has 1 aromatic carbocycles. The van der Waals surface area contributed by atoms with Crippen LogP contribution in [-0.4, -0.2) is 44.8 Å². The van der Waals surface area contributed by atoms with Crippen molar-refractivity contribution in [2.24, 2.45) is 5.92 Å². The van der Waals surface area contributed by atoms with Crippen molar-refractivity contribution in [2.75, 3.05) is 13.1 Å². The zero-order chi connectivity index (χ0) is 16.4. The Morgan fingerprint density at radius 3 is 2.91 bits per heavy atom. The molecule has 6 nitrogen and oxygen atoms in total. The molecule has 1 saturated heterocycles. The first kappa shape index (κ1) is 15.6. The Morgan fingerprint density at radius 1 is 1.35 bits per heavy atom. The van der Waals surface area contributed by atoms with Crippen LogP contribution in [0.1, 0.15) is 23.2 Å². The summed E-state index contributed by atoms with van der Waals surface area (Å²) in [6.07, 6.45) is 4.44. The van der Waals surface area contributed by atoms with E-state index >= 15 is 0 Å². The molecule has 1 amide bonds. The number of carboxylic acids is 1. The van der Waals surface area contributed by atoms with Crippen molar-refractivity contribution < 1.29 is 14.7 Å². The predicted octanol–water partition coefficient (Wildman–Crippen LogP) is 2.46. The number of halogens is 1. The number of carbonyl (C=O) groups is 2. The lowest BCUT2D eigenvalue weighted by Crippen LogP contribution is -2.42. The van der Waals surface area contributed by atoms with Crippen LogP contribution in [0.15, 0.2) is 36.7 Å². The number of benzene rings is 1. The van der Waals surface area contributed by atoms with E-state index < -0.39 is 11.9 Å². The van der Waals surface area contributed by atoms with Gasteiger partial charge in [0.25, 0.3) is 5.91 Å². The molecule has 1 atom stereocenters. The van der Waals surface area contributed by atoms with Gasteiger partial charge >= 0.3 is 5.97 Å². The standard InChI is InChI=1S/C16H16ClN3O3/c17-13-4-1-5-14(7-13)20-10-12(8-18-20)15(21)19-6-2-3-11(9-19)16(22)23/h1,4-5,7-8,10-11H,2-3,6,9H2,(H,22,23)/t11-/m0/s1. The van der Waals surface area contributed by atoms with E-state index in [2.05, 4.69) is 5.10 Å². The Balaban J connectivity index is 1.77. The number of carbonyl (C=O) groups excluding carboxylic acids is 1. The first-order chi connectivity index (χ1) is 11.0. The molecular weight excluding hydrogens is 318 g/mol. The Labute approximate surface area is 138 Å². The highest BCUT2D eigenvalue weighted by atomic mass is 35.5. The van der Waals surface area contributed by atoms with Crippen molar-refractivity contribution >= 4 is 23.5 Å². The van der Waals surface area contributed by atoms with Crippen LogP contribution in [0.25, 0.3) is 5.69 Å². The summed E-state index contributed by atoms with van der Waals surface area (Å²) in [5, 5.41) is 13.9. The van der Waals surface area contributed by atoms with Crippen molar-refractivity contribution in [2.45, 2.75) is 12.8 Å². The maximum Gasteiger partial charge on any atom is 0.308 e. The molecule has 0 unspecified atom stereocenters. The van der Waals surface area contributed by atoms with Crippen molar-refractivity contribution in [1.82, 2.24) is 14.7 Å². The van der Waals surface area contributed by atoms with E-state index in [0.29, 0.717) is 30.0 Å². The van der Waals surface area contributed by atoms with Gasteiger partial charge in [0.1, 0.15) is 0 Å². The Kier molecular flexibility index (Phi) is 4.34. The minimum atomic E-state index is -0.850. The van der Waals surface area contributed by atoms with E-state index in [1.165, 1.54) is 6.20 Å². The molecule has 120 valence electrons. The van der Waals surface area contributed by atoms with Crippen molar-refractivity contribution in [1.29, 1.82) is 0 Å². The van der Waals surface area contributed by atoms with E-state index in [0.717, 1.165) is 5.69 Å². The summed E-state index contributed by atoms with van der Waals surface area (Å²) in [6, 6.07) is 7.17. The fourth-order valence-corrected chi connectivity index (χ4v) is 2.92. The normalized spacial score (nSPS) is 18.0. The van der Waals surface area contributed by atoms with Crippen LogP contribution in [0.3, 0.4) is 0 Å². The zero-order valence-corrected chi connectivity index (χ0v) is 13.1. The number of piperidine rings is 1. The molecule has 2 aromatic rings. The van der Waals surface area contributed by atoms with Gasteiger partial charge in [-0.3, -0.25) is 9.59 Å². The topological polar surface area (TPSA) is 75.4 Å². The number of aromatic nitrogens is 2. The summed E-state index contributed by atoms with van der Waals surface area (Å²) >= 11 is 5.96. The Bertz CT molecular complexity index is 744. The number of rotatable bonds is 3. The van der Waals surface area contributed by atoms with E-state index in [4.69, 9.17) is 16.7 Å². The van der Waals surface area contributed by atoms with Crippen LogP contribution >= 0.6 is 11.6 Å². The second kappa shape index (κ2) is 6.42. The zero-order valence-electron chi connectivity index (χ0n) is 12.4. The third kappa shape index (κ3) is 3.37. The van der Waals surface area contributed by atoms with Gasteiger partial charge in [-0.05, 0) is 31.0 Å². The molecule has 23 heavy (non-hydrogen) atoms. The van der Waals surface area contributed by atoms with E-state index in [-0.39, 0.29) is 12.5 Å². The maximum absolute atomic E-state index is 12.5. The molecule has 0 spiro atoms. The monoisotopic (exact) mass is 333 g/mol. The van der Waals surface area contributed by atoms with E-state index in [1.807, 2.05) is 12.1 Å². The minimum absolute atomic E-state index is 0.191. The lowest BCUT2D eigenvalue weighted by atomic mass is 9.98. The van der Waals surface area contributed by atoms with Gasteiger partial charge in [0, 0.05) is 24.3 Å². The number of amides is 1. The summed E-state index contributed by atoms with van der Waals surface area (Å²) < 4.78 is 1.58. The van der Waals surface area contributed by atoms with Gasteiger partial charge in [0.05, 0.1) is 23.4 Å². The highest BCUT2D eigenvalue weighted by molar-refractivity contribution is 6.30. The van der Waals surface area contributed by atoms with Crippen LogP contribution in [-0.2, 0) is 4.79 Å². The first-order valence-electron chi connectivity index (χ1n) is 7.37. The fraction of sp³-hybridized carbons (Fsp3) is 0.312. The van der Waals surface area contributed by atoms with Crippen LogP contribution in [0.5, 0.6) is 0 Å².